The molecule has 102 valence electrons. The van der Waals surface area contributed by atoms with Crippen LogP contribution in [-0.2, 0) is 12.7 Å². The van der Waals surface area contributed by atoms with Gasteiger partial charge in [-0.1, -0.05) is 13.0 Å². The Kier molecular flexibility index (Phi) is 3.90. The zero-order valence-electron chi connectivity index (χ0n) is 10.3. The number of hydrogen-bond donors (Lipinski definition) is 1. The molecule has 0 atom stereocenters. The maximum Gasteiger partial charge on any atom is 0.416 e. The predicted octanol–water partition coefficient (Wildman–Crippen LogP) is 3.47. The summed E-state index contributed by atoms with van der Waals surface area (Å²) in [4.78, 5) is 4.14. The summed E-state index contributed by atoms with van der Waals surface area (Å²) in [6.45, 7) is 3.26. The zero-order valence-corrected chi connectivity index (χ0v) is 10.3. The van der Waals surface area contributed by atoms with E-state index >= 15 is 0 Å². The number of rotatable bonds is 4. The fourth-order valence-electron chi connectivity index (χ4n) is 1.60. The predicted molar refractivity (Wildman–Crippen MR) is 64.3 cm³/mol. The molecule has 1 aromatic carbocycles. The van der Waals surface area contributed by atoms with E-state index in [1.165, 1.54) is 18.4 Å². The Bertz CT molecular complexity index is 549. The Hall–Kier alpha value is -1.82. The number of aromatic nitrogens is 1. The quantitative estimate of drug-likeness (QED) is 0.924. The van der Waals surface area contributed by atoms with Crippen molar-refractivity contribution in [2.75, 3.05) is 6.54 Å². The van der Waals surface area contributed by atoms with E-state index < -0.39 is 11.7 Å². The van der Waals surface area contributed by atoms with Gasteiger partial charge in [-0.25, -0.2) is 4.98 Å². The number of nitrogens with zero attached hydrogens (tertiary/aromatic N) is 1. The van der Waals surface area contributed by atoms with Crippen LogP contribution in [0, 0.1) is 0 Å². The lowest BCUT2D eigenvalue weighted by Gasteiger charge is -2.06. The SMILES string of the molecule is CCNCc1coc(-c2cccc(C(F)(F)F)c2)n1. The van der Waals surface area contributed by atoms with Crippen LogP contribution in [0.2, 0.25) is 0 Å². The fourth-order valence-corrected chi connectivity index (χ4v) is 1.60. The van der Waals surface area contributed by atoms with Crippen LogP contribution in [0.4, 0.5) is 13.2 Å². The number of oxazole rings is 1. The molecule has 0 unspecified atom stereocenters. The van der Waals surface area contributed by atoms with Crippen LogP contribution < -0.4 is 5.32 Å². The van der Waals surface area contributed by atoms with Gasteiger partial charge in [-0.15, -0.1) is 0 Å². The van der Waals surface area contributed by atoms with E-state index in [0.717, 1.165) is 18.7 Å². The van der Waals surface area contributed by atoms with Crippen molar-refractivity contribution >= 4 is 0 Å². The summed E-state index contributed by atoms with van der Waals surface area (Å²) in [5, 5.41) is 3.06. The van der Waals surface area contributed by atoms with Crippen molar-refractivity contribution in [2.45, 2.75) is 19.6 Å². The first-order valence-electron chi connectivity index (χ1n) is 5.83. The van der Waals surface area contributed by atoms with Gasteiger partial charge in [0.05, 0.1) is 11.3 Å². The van der Waals surface area contributed by atoms with Gasteiger partial charge in [-0.2, -0.15) is 13.2 Å². The van der Waals surface area contributed by atoms with Gasteiger partial charge in [0.2, 0.25) is 5.89 Å². The van der Waals surface area contributed by atoms with Gasteiger partial charge in [-0.05, 0) is 24.7 Å². The second-order valence-electron chi connectivity index (χ2n) is 4.00. The van der Waals surface area contributed by atoms with E-state index in [1.54, 1.807) is 0 Å². The molecule has 0 amide bonds. The molecular formula is C13H13F3N2O. The van der Waals surface area contributed by atoms with Crippen molar-refractivity contribution in [3.8, 4) is 11.5 Å². The minimum absolute atomic E-state index is 0.194. The summed E-state index contributed by atoms with van der Waals surface area (Å²) in [7, 11) is 0. The molecule has 0 aliphatic rings. The molecule has 3 nitrogen and oxygen atoms in total. The molecule has 2 rings (SSSR count). The van der Waals surface area contributed by atoms with Crippen LogP contribution in [0.15, 0.2) is 34.9 Å². The zero-order chi connectivity index (χ0) is 13.9. The summed E-state index contributed by atoms with van der Waals surface area (Å²) in [5.41, 5.74) is 0.267. The topological polar surface area (TPSA) is 38.1 Å². The largest absolute Gasteiger partial charge is 0.444 e. The minimum Gasteiger partial charge on any atom is -0.444 e. The van der Waals surface area contributed by atoms with Crippen LogP contribution in [0.3, 0.4) is 0 Å². The van der Waals surface area contributed by atoms with E-state index in [-0.39, 0.29) is 5.89 Å². The van der Waals surface area contributed by atoms with Gasteiger partial charge in [0, 0.05) is 12.1 Å². The average molecular weight is 270 g/mol. The summed E-state index contributed by atoms with van der Waals surface area (Å²) < 4.78 is 43.0. The van der Waals surface area contributed by atoms with E-state index in [1.807, 2.05) is 6.92 Å². The van der Waals surface area contributed by atoms with Crippen molar-refractivity contribution in [1.29, 1.82) is 0 Å². The molecule has 0 spiro atoms. The van der Waals surface area contributed by atoms with Crippen molar-refractivity contribution in [1.82, 2.24) is 10.3 Å². The number of benzene rings is 1. The van der Waals surface area contributed by atoms with E-state index in [4.69, 9.17) is 4.42 Å². The van der Waals surface area contributed by atoms with Gasteiger partial charge in [0.25, 0.3) is 0 Å². The second kappa shape index (κ2) is 5.44. The Balaban J connectivity index is 2.24. The molecule has 0 aliphatic heterocycles. The number of halogens is 3. The summed E-state index contributed by atoms with van der Waals surface area (Å²) in [6.07, 6.45) is -2.92. The Morgan fingerprint density at radius 1 is 1.32 bits per heavy atom. The minimum atomic E-state index is -4.37. The van der Waals surface area contributed by atoms with Gasteiger partial charge in [-0.3, -0.25) is 0 Å². The Morgan fingerprint density at radius 2 is 2.11 bits per heavy atom. The molecule has 19 heavy (non-hydrogen) atoms. The molecule has 1 heterocycles. The van der Waals surface area contributed by atoms with Gasteiger partial charge in [0.15, 0.2) is 0 Å². The summed E-state index contributed by atoms with van der Waals surface area (Å²) >= 11 is 0. The molecule has 0 aliphatic carbocycles. The highest BCUT2D eigenvalue weighted by Gasteiger charge is 2.30. The lowest BCUT2D eigenvalue weighted by Crippen LogP contribution is -2.11. The van der Waals surface area contributed by atoms with Gasteiger partial charge >= 0.3 is 6.18 Å². The molecule has 0 saturated carbocycles. The first-order valence-corrected chi connectivity index (χ1v) is 5.83. The van der Waals surface area contributed by atoms with Crippen molar-refractivity contribution in [3.05, 3.63) is 41.8 Å². The molecule has 6 heteroatoms. The fraction of sp³-hybridized carbons (Fsp3) is 0.308. The Labute approximate surface area is 108 Å². The maximum absolute atomic E-state index is 12.6. The van der Waals surface area contributed by atoms with Gasteiger partial charge < -0.3 is 9.73 Å². The lowest BCUT2D eigenvalue weighted by atomic mass is 10.1. The highest BCUT2D eigenvalue weighted by atomic mass is 19.4. The third kappa shape index (κ3) is 3.35. The third-order valence-corrected chi connectivity index (χ3v) is 2.54. The molecule has 2 aromatic rings. The maximum atomic E-state index is 12.6. The average Bonchev–Trinajstić information content (AvgIpc) is 2.84. The first kappa shape index (κ1) is 13.6. The third-order valence-electron chi connectivity index (χ3n) is 2.54. The standard InChI is InChI=1S/C13H13F3N2O/c1-2-17-7-11-8-19-12(18-11)9-4-3-5-10(6-9)13(14,15)16/h3-6,8,17H,2,7H2,1H3. The van der Waals surface area contributed by atoms with Crippen LogP contribution in [-0.4, -0.2) is 11.5 Å². The monoisotopic (exact) mass is 270 g/mol. The molecule has 1 aromatic heterocycles. The van der Waals surface area contributed by atoms with Crippen LogP contribution >= 0.6 is 0 Å². The van der Waals surface area contributed by atoms with E-state index in [9.17, 15) is 13.2 Å². The van der Waals surface area contributed by atoms with Gasteiger partial charge in [0.1, 0.15) is 6.26 Å². The highest BCUT2D eigenvalue weighted by Crippen LogP contribution is 2.31. The number of alkyl halides is 3. The Morgan fingerprint density at radius 3 is 2.79 bits per heavy atom. The molecule has 0 saturated heterocycles. The van der Waals surface area contributed by atoms with Crippen molar-refractivity contribution in [2.24, 2.45) is 0 Å². The van der Waals surface area contributed by atoms with Crippen molar-refractivity contribution in [3.63, 3.8) is 0 Å². The summed E-state index contributed by atoms with van der Waals surface area (Å²) in [5.74, 6) is 0.194. The van der Waals surface area contributed by atoms with Crippen molar-refractivity contribution < 1.29 is 17.6 Å². The molecule has 0 radical (unpaired) electrons. The molecule has 0 fully saturated rings. The first-order chi connectivity index (χ1) is 9.00. The van der Waals surface area contributed by atoms with Crippen LogP contribution in [0.1, 0.15) is 18.2 Å². The van der Waals surface area contributed by atoms with E-state index in [2.05, 4.69) is 10.3 Å². The number of nitrogens with one attached hydrogen (secondary N) is 1. The number of hydrogen-bond acceptors (Lipinski definition) is 3. The molecular weight excluding hydrogens is 257 g/mol. The molecule has 1 N–H and O–H groups in total. The van der Waals surface area contributed by atoms with Crippen LogP contribution in [0.25, 0.3) is 11.5 Å². The summed E-state index contributed by atoms with van der Waals surface area (Å²) in [6, 6.07) is 4.93. The van der Waals surface area contributed by atoms with Crippen LogP contribution in [0.5, 0.6) is 0 Å². The lowest BCUT2D eigenvalue weighted by molar-refractivity contribution is -0.137. The highest BCUT2D eigenvalue weighted by molar-refractivity contribution is 5.54. The molecule has 0 bridgehead atoms. The smallest absolute Gasteiger partial charge is 0.416 e. The second-order valence-corrected chi connectivity index (χ2v) is 4.00. The normalized spacial score (nSPS) is 11.8. The van der Waals surface area contributed by atoms with E-state index in [0.29, 0.717) is 17.8 Å².